The van der Waals surface area contributed by atoms with Crippen LogP contribution < -0.4 is 5.32 Å². The molecule has 1 saturated heterocycles. The number of aliphatic hydroxyl groups excluding tert-OH is 5. The molecule has 1 aliphatic heterocycles. The quantitative estimate of drug-likeness (QED) is 0.0342. The SMILES string of the molecule is CCCCCCCCCCCCCCCCCCC(=O)NC(COC1OC(CO)C(O)C(O)C1O)C(O)CCCCCCCCCCCCCCCC. The minimum absolute atomic E-state index is 0.132. The number of nitrogens with one attached hydrogen (secondary N) is 1. The molecular weight excluding hydrogens is 670 g/mol. The number of unbranched alkanes of at least 4 members (excludes halogenated alkanes) is 28. The molecule has 9 nitrogen and oxygen atoms in total. The van der Waals surface area contributed by atoms with Crippen LogP contribution in [0, 0.1) is 0 Å². The van der Waals surface area contributed by atoms with Gasteiger partial charge in [0, 0.05) is 6.42 Å². The molecule has 53 heavy (non-hydrogen) atoms. The topological polar surface area (TPSA) is 149 Å². The summed E-state index contributed by atoms with van der Waals surface area (Å²) in [5, 5.41) is 54.3. The predicted octanol–water partition coefficient (Wildman–Crippen LogP) is 9.17. The number of amides is 1. The zero-order valence-corrected chi connectivity index (χ0v) is 34.5. The van der Waals surface area contributed by atoms with E-state index in [9.17, 15) is 30.3 Å². The minimum Gasteiger partial charge on any atom is -0.394 e. The molecule has 1 rings (SSSR count). The van der Waals surface area contributed by atoms with Crippen LogP contribution >= 0.6 is 0 Å². The standard InChI is InChI=1S/C44H87NO8/c1-3-5-7-9-11-13-15-17-19-20-22-24-26-28-30-32-34-40(48)45-37(36-52-44-43(51)42(50)41(49)39(35-46)53-44)38(47)33-31-29-27-25-23-21-18-16-14-12-10-8-6-4-2/h37-39,41-44,46-47,49-51H,3-36H2,1-2H3,(H,45,48). The van der Waals surface area contributed by atoms with Crippen LogP contribution in [0.5, 0.6) is 0 Å². The Kier molecular flexibility index (Phi) is 33.7. The first-order valence-electron chi connectivity index (χ1n) is 22.7. The van der Waals surface area contributed by atoms with Crippen LogP contribution in [0.2, 0.25) is 0 Å². The van der Waals surface area contributed by atoms with Gasteiger partial charge in [0.25, 0.3) is 0 Å². The highest BCUT2D eigenvalue weighted by atomic mass is 16.7. The summed E-state index contributed by atoms with van der Waals surface area (Å²) in [5.74, 6) is -0.141. The van der Waals surface area contributed by atoms with Gasteiger partial charge in [-0.1, -0.05) is 200 Å². The van der Waals surface area contributed by atoms with E-state index in [1.165, 1.54) is 154 Å². The van der Waals surface area contributed by atoms with E-state index in [-0.39, 0.29) is 12.5 Å². The summed E-state index contributed by atoms with van der Waals surface area (Å²) < 4.78 is 11.2. The second kappa shape index (κ2) is 35.6. The summed E-state index contributed by atoms with van der Waals surface area (Å²) in [5.41, 5.74) is 0. The lowest BCUT2D eigenvalue weighted by Crippen LogP contribution is -2.60. The molecule has 0 spiro atoms. The lowest BCUT2D eigenvalue weighted by molar-refractivity contribution is -0.302. The molecule has 1 heterocycles. The van der Waals surface area contributed by atoms with Crippen LogP contribution in [0.15, 0.2) is 0 Å². The van der Waals surface area contributed by atoms with E-state index in [0.29, 0.717) is 12.8 Å². The van der Waals surface area contributed by atoms with Gasteiger partial charge in [-0.25, -0.2) is 0 Å². The molecule has 0 aromatic rings. The number of rotatable bonds is 38. The van der Waals surface area contributed by atoms with Gasteiger partial charge >= 0.3 is 0 Å². The molecule has 0 aromatic carbocycles. The normalized spacial score (nSPS) is 21.5. The molecule has 0 saturated carbocycles. The van der Waals surface area contributed by atoms with Gasteiger partial charge in [-0.15, -0.1) is 0 Å². The number of ether oxygens (including phenoxy) is 2. The van der Waals surface area contributed by atoms with Crippen molar-refractivity contribution in [1.82, 2.24) is 5.32 Å². The van der Waals surface area contributed by atoms with E-state index in [2.05, 4.69) is 19.2 Å². The molecule has 0 bridgehead atoms. The number of hydrogen-bond donors (Lipinski definition) is 6. The highest BCUT2D eigenvalue weighted by Crippen LogP contribution is 2.23. The first kappa shape index (κ1) is 50.2. The highest BCUT2D eigenvalue weighted by Gasteiger charge is 2.44. The molecule has 9 heteroatoms. The van der Waals surface area contributed by atoms with E-state index >= 15 is 0 Å². The summed E-state index contributed by atoms with van der Waals surface area (Å²) in [4.78, 5) is 13.0. The molecular formula is C44H87NO8. The summed E-state index contributed by atoms with van der Waals surface area (Å²) in [6.45, 7) is 3.84. The maximum absolute atomic E-state index is 13.0. The van der Waals surface area contributed by atoms with Gasteiger partial charge in [-0.05, 0) is 12.8 Å². The highest BCUT2D eigenvalue weighted by molar-refractivity contribution is 5.76. The Morgan fingerprint density at radius 2 is 0.943 bits per heavy atom. The minimum atomic E-state index is -1.55. The van der Waals surface area contributed by atoms with Crippen molar-refractivity contribution in [2.24, 2.45) is 0 Å². The molecule has 1 amide bonds. The summed E-state index contributed by atoms with van der Waals surface area (Å²) in [6, 6.07) is -0.710. The number of carbonyl (C=O) groups is 1. The Morgan fingerprint density at radius 3 is 1.34 bits per heavy atom. The van der Waals surface area contributed by atoms with Crippen molar-refractivity contribution in [1.29, 1.82) is 0 Å². The van der Waals surface area contributed by atoms with Crippen molar-refractivity contribution < 1.29 is 39.8 Å². The maximum Gasteiger partial charge on any atom is 0.220 e. The van der Waals surface area contributed by atoms with Crippen LogP contribution in [0.3, 0.4) is 0 Å². The average molecular weight is 758 g/mol. The maximum atomic E-state index is 13.0. The summed E-state index contributed by atoms with van der Waals surface area (Å²) in [6.07, 6.45) is 31.0. The van der Waals surface area contributed by atoms with E-state index in [4.69, 9.17) is 9.47 Å². The number of hydrogen-bond acceptors (Lipinski definition) is 8. The molecule has 7 unspecified atom stereocenters. The average Bonchev–Trinajstić information content (AvgIpc) is 3.16. The third-order valence-corrected chi connectivity index (χ3v) is 11.2. The van der Waals surface area contributed by atoms with Crippen molar-refractivity contribution in [2.45, 2.75) is 262 Å². The van der Waals surface area contributed by atoms with E-state index in [1.54, 1.807) is 0 Å². The second-order valence-corrected chi connectivity index (χ2v) is 16.2. The van der Waals surface area contributed by atoms with E-state index in [0.717, 1.165) is 38.5 Å². The molecule has 7 atom stereocenters. The van der Waals surface area contributed by atoms with Gasteiger partial charge < -0.3 is 40.3 Å². The van der Waals surface area contributed by atoms with E-state index < -0.39 is 49.5 Å². The van der Waals surface area contributed by atoms with Crippen molar-refractivity contribution in [3.8, 4) is 0 Å². The number of aliphatic hydroxyl groups is 5. The van der Waals surface area contributed by atoms with Crippen LogP contribution in [0.1, 0.15) is 219 Å². The van der Waals surface area contributed by atoms with Crippen molar-refractivity contribution >= 4 is 5.91 Å². The lowest BCUT2D eigenvalue weighted by atomic mass is 9.99. The molecule has 0 aliphatic carbocycles. The molecule has 0 aromatic heterocycles. The third kappa shape index (κ3) is 26.6. The Morgan fingerprint density at radius 1 is 0.566 bits per heavy atom. The first-order chi connectivity index (χ1) is 25.8. The molecule has 6 N–H and O–H groups in total. The van der Waals surface area contributed by atoms with Crippen molar-refractivity contribution in [2.75, 3.05) is 13.2 Å². The Balaban J connectivity index is 2.32. The largest absolute Gasteiger partial charge is 0.394 e. The van der Waals surface area contributed by atoms with Crippen LogP contribution in [0.4, 0.5) is 0 Å². The smallest absolute Gasteiger partial charge is 0.220 e. The molecule has 0 radical (unpaired) electrons. The van der Waals surface area contributed by atoms with Crippen LogP contribution in [0.25, 0.3) is 0 Å². The van der Waals surface area contributed by atoms with Gasteiger partial charge in [0.1, 0.15) is 24.4 Å². The molecule has 1 aliphatic rings. The zero-order chi connectivity index (χ0) is 38.8. The fourth-order valence-electron chi connectivity index (χ4n) is 7.51. The Labute approximate surface area is 325 Å². The van der Waals surface area contributed by atoms with Gasteiger partial charge in [0.15, 0.2) is 6.29 Å². The Bertz CT molecular complexity index is 801. The van der Waals surface area contributed by atoms with Crippen molar-refractivity contribution in [3.05, 3.63) is 0 Å². The lowest BCUT2D eigenvalue weighted by Gasteiger charge is -2.40. The zero-order valence-electron chi connectivity index (χ0n) is 34.5. The van der Waals surface area contributed by atoms with Crippen molar-refractivity contribution in [3.63, 3.8) is 0 Å². The van der Waals surface area contributed by atoms with Gasteiger partial charge in [-0.2, -0.15) is 0 Å². The summed E-state index contributed by atoms with van der Waals surface area (Å²) in [7, 11) is 0. The fraction of sp³-hybridized carbons (Fsp3) is 0.977. The first-order valence-corrected chi connectivity index (χ1v) is 22.7. The van der Waals surface area contributed by atoms with E-state index in [1.807, 2.05) is 0 Å². The third-order valence-electron chi connectivity index (χ3n) is 11.2. The monoisotopic (exact) mass is 758 g/mol. The van der Waals surface area contributed by atoms with Crippen LogP contribution in [-0.4, -0.2) is 87.5 Å². The van der Waals surface area contributed by atoms with Crippen LogP contribution in [-0.2, 0) is 14.3 Å². The molecule has 1 fully saturated rings. The van der Waals surface area contributed by atoms with Gasteiger partial charge in [0.05, 0.1) is 25.4 Å². The van der Waals surface area contributed by atoms with Gasteiger partial charge in [-0.3, -0.25) is 4.79 Å². The number of carbonyl (C=O) groups excluding carboxylic acids is 1. The summed E-state index contributed by atoms with van der Waals surface area (Å²) >= 11 is 0. The predicted molar refractivity (Wildman–Crippen MR) is 217 cm³/mol. The Hall–Kier alpha value is -0.810. The van der Waals surface area contributed by atoms with Gasteiger partial charge in [0.2, 0.25) is 5.91 Å². The molecule has 316 valence electrons. The fourth-order valence-corrected chi connectivity index (χ4v) is 7.51. The second-order valence-electron chi connectivity index (χ2n) is 16.2.